The minimum Gasteiger partial charge on any atom is -0.151 e. The normalized spacial score (nSPS) is 35.8. The van der Waals surface area contributed by atoms with E-state index < -0.39 is 0 Å². The second kappa shape index (κ2) is 8.16. The van der Waals surface area contributed by atoms with E-state index in [0.29, 0.717) is 23.7 Å². The van der Waals surface area contributed by atoms with Gasteiger partial charge in [0.1, 0.15) is 0 Å². The van der Waals surface area contributed by atoms with E-state index in [4.69, 9.17) is 0 Å². The second-order valence-corrected chi connectivity index (χ2v) is 7.93. The minimum absolute atomic E-state index is 0.0778. The molecule has 0 amide bonds. The molecule has 4 nitrogen and oxygen atoms in total. The summed E-state index contributed by atoms with van der Waals surface area (Å²) >= 11 is 0. The molecule has 0 bridgehead atoms. The van der Waals surface area contributed by atoms with Crippen molar-refractivity contribution in [3.8, 4) is 0 Å². The van der Waals surface area contributed by atoms with Crippen molar-refractivity contribution in [1.29, 1.82) is 0 Å². The van der Waals surface area contributed by atoms with Crippen LogP contribution >= 0.6 is 0 Å². The van der Waals surface area contributed by atoms with Crippen LogP contribution < -0.4 is 0 Å². The van der Waals surface area contributed by atoms with Crippen molar-refractivity contribution in [3.05, 3.63) is 22.0 Å². The van der Waals surface area contributed by atoms with Crippen molar-refractivity contribution in [2.75, 3.05) is 0 Å². The lowest BCUT2D eigenvalue weighted by Gasteiger charge is -2.26. The van der Waals surface area contributed by atoms with Gasteiger partial charge in [-0.1, -0.05) is 62.5 Å². The zero-order chi connectivity index (χ0) is 17.0. The average Bonchev–Trinajstić information content (AvgIpc) is 3.01. The van der Waals surface area contributed by atoms with Crippen LogP contribution in [-0.4, -0.2) is 12.1 Å². The third-order valence-corrected chi connectivity index (χ3v) is 6.57. The first-order valence-electron chi connectivity index (χ1n) is 9.36. The van der Waals surface area contributed by atoms with E-state index >= 15 is 0 Å². The van der Waals surface area contributed by atoms with Crippen molar-refractivity contribution in [2.24, 2.45) is 39.9 Å². The summed E-state index contributed by atoms with van der Waals surface area (Å²) in [6.07, 6.45) is 7.09. The van der Waals surface area contributed by atoms with E-state index in [9.17, 15) is 9.81 Å². The summed E-state index contributed by atoms with van der Waals surface area (Å²) in [5.41, 5.74) is 1.33. The number of fused-ring (bicyclic) bond motifs is 1. The summed E-state index contributed by atoms with van der Waals surface area (Å²) in [6, 6.07) is -0.194. The molecule has 2 unspecified atom stereocenters. The summed E-state index contributed by atoms with van der Waals surface area (Å²) in [5, 5.41) is 6.83. The predicted molar refractivity (Wildman–Crippen MR) is 95.1 cm³/mol. The standard InChI is InChI=1S/C19H32N2O2/c1-5-6-7-8-18(20-22)13(3)10-17-16-9-12(2)14(4)15(16)11-19(17)21-23/h13-19H,2,5-11H2,1,3-4H3/t13?,14?,15-,16+,17-,18+,19-/m1/s1. The first-order valence-corrected chi connectivity index (χ1v) is 9.36. The van der Waals surface area contributed by atoms with E-state index in [2.05, 4.69) is 37.7 Å². The Morgan fingerprint density at radius 2 is 2.00 bits per heavy atom. The molecule has 0 aromatic heterocycles. The largest absolute Gasteiger partial charge is 0.151 e. The Labute approximate surface area is 140 Å². The van der Waals surface area contributed by atoms with E-state index in [-0.39, 0.29) is 18.0 Å². The third kappa shape index (κ3) is 3.89. The maximum atomic E-state index is 11.3. The Morgan fingerprint density at radius 1 is 1.26 bits per heavy atom. The monoisotopic (exact) mass is 320 g/mol. The van der Waals surface area contributed by atoms with Gasteiger partial charge in [0.05, 0.1) is 12.1 Å². The zero-order valence-electron chi connectivity index (χ0n) is 14.9. The van der Waals surface area contributed by atoms with Crippen LogP contribution in [0.3, 0.4) is 0 Å². The summed E-state index contributed by atoms with van der Waals surface area (Å²) in [7, 11) is 0. The maximum absolute atomic E-state index is 11.3. The maximum Gasteiger partial charge on any atom is 0.0953 e. The van der Waals surface area contributed by atoms with Crippen LogP contribution in [0.15, 0.2) is 22.5 Å². The fraction of sp³-hybridized carbons (Fsp3) is 0.895. The number of nitroso groups, excluding NO2 is 2. The molecule has 0 aliphatic heterocycles. The first-order chi connectivity index (χ1) is 11.0. The molecule has 0 saturated heterocycles. The molecule has 7 atom stereocenters. The Kier molecular flexibility index (Phi) is 6.49. The quantitative estimate of drug-likeness (QED) is 0.310. The molecule has 0 radical (unpaired) electrons. The van der Waals surface area contributed by atoms with Gasteiger partial charge in [-0.2, -0.15) is 9.81 Å². The molecule has 0 aromatic carbocycles. The number of hydrogen-bond acceptors (Lipinski definition) is 4. The summed E-state index contributed by atoms with van der Waals surface area (Å²) in [6.45, 7) is 10.7. The Balaban J connectivity index is 1.99. The van der Waals surface area contributed by atoms with Crippen molar-refractivity contribution >= 4 is 0 Å². The van der Waals surface area contributed by atoms with Gasteiger partial charge in [0.2, 0.25) is 0 Å². The van der Waals surface area contributed by atoms with Crippen LogP contribution in [-0.2, 0) is 0 Å². The SMILES string of the molecule is C=C1C[C@@H]2[C@@H](CC(C)[C@H](CCCCC)N=O)[C@H](N=O)C[C@@H]2C1C. The van der Waals surface area contributed by atoms with Gasteiger partial charge in [0, 0.05) is 0 Å². The highest BCUT2D eigenvalue weighted by atomic mass is 16.3. The highest BCUT2D eigenvalue weighted by molar-refractivity contribution is 5.16. The lowest BCUT2D eigenvalue weighted by atomic mass is 9.80. The van der Waals surface area contributed by atoms with Crippen LogP contribution in [0.5, 0.6) is 0 Å². The topological polar surface area (TPSA) is 58.9 Å². The van der Waals surface area contributed by atoms with Crippen LogP contribution in [0.2, 0.25) is 0 Å². The van der Waals surface area contributed by atoms with Crippen LogP contribution in [0.25, 0.3) is 0 Å². The summed E-state index contributed by atoms with van der Waals surface area (Å²) in [4.78, 5) is 22.6. The summed E-state index contributed by atoms with van der Waals surface area (Å²) < 4.78 is 0. The number of hydrogen-bond donors (Lipinski definition) is 0. The van der Waals surface area contributed by atoms with Crippen molar-refractivity contribution in [3.63, 3.8) is 0 Å². The molecule has 2 aliphatic carbocycles. The van der Waals surface area contributed by atoms with Crippen LogP contribution in [0.4, 0.5) is 0 Å². The molecular formula is C19H32N2O2. The molecule has 0 heterocycles. The van der Waals surface area contributed by atoms with Gasteiger partial charge in [-0.05, 0) is 55.3 Å². The molecule has 2 saturated carbocycles. The lowest BCUT2D eigenvalue weighted by Crippen LogP contribution is -2.25. The average molecular weight is 320 g/mol. The number of allylic oxidation sites excluding steroid dienone is 1. The van der Waals surface area contributed by atoms with E-state index in [1.54, 1.807) is 0 Å². The smallest absolute Gasteiger partial charge is 0.0953 e. The Bertz CT molecular complexity index is 437. The van der Waals surface area contributed by atoms with Gasteiger partial charge in [-0.15, -0.1) is 0 Å². The van der Waals surface area contributed by atoms with Crippen LogP contribution in [0, 0.1) is 39.4 Å². The number of nitrogens with zero attached hydrogens (tertiary/aromatic N) is 2. The molecule has 130 valence electrons. The predicted octanol–water partition coefficient (Wildman–Crippen LogP) is 5.71. The minimum atomic E-state index is -0.116. The van der Waals surface area contributed by atoms with Gasteiger partial charge in [0.15, 0.2) is 0 Å². The molecule has 4 heteroatoms. The zero-order valence-corrected chi connectivity index (χ0v) is 14.9. The third-order valence-electron chi connectivity index (χ3n) is 6.57. The summed E-state index contributed by atoms with van der Waals surface area (Å²) in [5.74, 6) is 2.15. The molecule has 23 heavy (non-hydrogen) atoms. The lowest BCUT2D eigenvalue weighted by molar-refractivity contribution is 0.249. The first kappa shape index (κ1) is 18.3. The molecule has 0 spiro atoms. The Hall–Kier alpha value is -1.06. The Morgan fingerprint density at radius 3 is 2.61 bits per heavy atom. The highest BCUT2D eigenvalue weighted by Crippen LogP contribution is 2.55. The van der Waals surface area contributed by atoms with E-state index in [0.717, 1.165) is 44.9 Å². The molecule has 0 N–H and O–H groups in total. The van der Waals surface area contributed by atoms with Gasteiger partial charge >= 0.3 is 0 Å². The van der Waals surface area contributed by atoms with Gasteiger partial charge in [-0.3, -0.25) is 0 Å². The van der Waals surface area contributed by atoms with Crippen molar-refractivity contribution in [1.82, 2.24) is 0 Å². The number of unbranched alkanes of at least 4 members (excludes halogenated alkanes) is 2. The van der Waals surface area contributed by atoms with Gasteiger partial charge < -0.3 is 0 Å². The molecule has 2 fully saturated rings. The van der Waals surface area contributed by atoms with Crippen molar-refractivity contribution in [2.45, 2.75) is 77.8 Å². The van der Waals surface area contributed by atoms with Gasteiger partial charge in [-0.25, -0.2) is 0 Å². The van der Waals surface area contributed by atoms with E-state index in [1.807, 2.05) is 0 Å². The van der Waals surface area contributed by atoms with Gasteiger partial charge in [0.25, 0.3) is 0 Å². The fourth-order valence-corrected chi connectivity index (χ4v) is 4.98. The molecule has 2 aliphatic rings. The van der Waals surface area contributed by atoms with E-state index in [1.165, 1.54) is 5.57 Å². The van der Waals surface area contributed by atoms with Crippen molar-refractivity contribution < 1.29 is 0 Å². The number of rotatable bonds is 9. The van der Waals surface area contributed by atoms with Crippen LogP contribution in [0.1, 0.15) is 65.7 Å². The second-order valence-electron chi connectivity index (χ2n) is 7.93. The fourth-order valence-electron chi connectivity index (χ4n) is 4.98. The molecular weight excluding hydrogens is 288 g/mol. The molecule has 2 rings (SSSR count). The molecule has 0 aromatic rings. The highest BCUT2D eigenvalue weighted by Gasteiger charge is 2.50.